The van der Waals surface area contributed by atoms with E-state index in [1.165, 1.54) is 0 Å². The van der Waals surface area contributed by atoms with Crippen LogP contribution in [0.25, 0.3) is 0 Å². The van der Waals surface area contributed by atoms with Crippen molar-refractivity contribution in [2.24, 2.45) is 0 Å². The number of carboxylic acids is 1. The number of carbonyl (C=O) groups excluding carboxylic acids is 1. The van der Waals surface area contributed by atoms with Crippen LogP contribution >= 0.6 is 0 Å². The Hall–Kier alpha value is -1.44. The van der Waals surface area contributed by atoms with E-state index < -0.39 is 48.7 Å². The zero-order valence-corrected chi connectivity index (χ0v) is 8.94. The quantitative estimate of drug-likeness (QED) is 0.349. The Bertz CT molecular complexity index is 326. The van der Waals surface area contributed by atoms with Crippen LogP contribution in [0.2, 0.25) is 0 Å². The first-order valence-electron chi connectivity index (χ1n) is 4.95. The number of aliphatic hydroxyl groups excluding tert-OH is 2. The highest BCUT2D eigenvalue weighted by atomic mass is 16.6. The average Bonchev–Trinajstić information content (AvgIpc) is 2.22. The van der Waals surface area contributed by atoms with Crippen molar-refractivity contribution in [2.45, 2.75) is 36.8 Å². The maximum Gasteiger partial charge on any atom is 0.335 e. The first-order valence-corrected chi connectivity index (χ1v) is 4.95. The molecule has 0 spiro atoms. The summed E-state index contributed by atoms with van der Waals surface area (Å²) in [5.74, 6) is -2.38. The Labute approximate surface area is 96.9 Å². The van der Waals surface area contributed by atoms with E-state index in [2.05, 4.69) is 11.3 Å². The van der Waals surface area contributed by atoms with E-state index in [9.17, 15) is 24.9 Å². The van der Waals surface area contributed by atoms with Gasteiger partial charge in [0, 0.05) is 18.9 Å². The maximum atomic E-state index is 10.9. The lowest BCUT2D eigenvalue weighted by molar-refractivity contribution is -0.196. The van der Waals surface area contributed by atoms with Gasteiger partial charge in [0.2, 0.25) is 0 Å². The molecular weight excluding hydrogens is 232 g/mol. The molecule has 0 saturated heterocycles. The summed E-state index contributed by atoms with van der Waals surface area (Å²) < 4.78 is 4.68. The Morgan fingerprint density at radius 3 is 2.12 bits per heavy atom. The molecule has 0 aromatic heterocycles. The molecule has 7 nitrogen and oxygen atoms in total. The summed E-state index contributed by atoms with van der Waals surface area (Å²) >= 11 is 0. The van der Waals surface area contributed by atoms with Crippen LogP contribution in [0, 0.1) is 0 Å². The monoisotopic (exact) mass is 246 g/mol. The van der Waals surface area contributed by atoms with Crippen LogP contribution in [0.15, 0.2) is 12.7 Å². The van der Waals surface area contributed by atoms with E-state index in [-0.39, 0.29) is 0 Å². The minimum atomic E-state index is -2.21. The molecule has 0 aromatic rings. The van der Waals surface area contributed by atoms with Crippen molar-refractivity contribution < 1.29 is 34.8 Å². The largest absolute Gasteiger partial charge is 0.479 e. The summed E-state index contributed by atoms with van der Waals surface area (Å²) in [6, 6.07) is 0. The molecular formula is C10H14O7. The van der Waals surface area contributed by atoms with Crippen molar-refractivity contribution in [3.05, 3.63) is 12.7 Å². The molecule has 7 heteroatoms. The van der Waals surface area contributed by atoms with Crippen LogP contribution in [-0.4, -0.2) is 56.3 Å². The summed E-state index contributed by atoms with van der Waals surface area (Å²) in [5, 5.41) is 37.5. The van der Waals surface area contributed by atoms with Gasteiger partial charge in [0.15, 0.2) is 11.7 Å². The van der Waals surface area contributed by atoms with Crippen LogP contribution < -0.4 is 0 Å². The van der Waals surface area contributed by atoms with Crippen molar-refractivity contribution in [3.8, 4) is 0 Å². The third-order valence-corrected chi connectivity index (χ3v) is 2.67. The maximum absolute atomic E-state index is 10.9. The minimum absolute atomic E-state index is 0.519. The first-order chi connectivity index (χ1) is 7.80. The lowest BCUT2D eigenvalue weighted by Gasteiger charge is -2.39. The molecule has 0 aromatic carbocycles. The lowest BCUT2D eigenvalue weighted by atomic mass is 9.79. The number of hydrogen-bond acceptors (Lipinski definition) is 6. The van der Waals surface area contributed by atoms with E-state index >= 15 is 0 Å². The second-order valence-corrected chi connectivity index (χ2v) is 3.99. The molecule has 4 N–H and O–H groups in total. The third-order valence-electron chi connectivity index (χ3n) is 2.67. The van der Waals surface area contributed by atoms with Gasteiger partial charge in [-0.3, -0.25) is 0 Å². The minimum Gasteiger partial charge on any atom is -0.479 e. The summed E-state index contributed by atoms with van der Waals surface area (Å²) in [6.07, 6.45) is -4.35. The van der Waals surface area contributed by atoms with Crippen LogP contribution in [0.4, 0.5) is 0 Å². The number of rotatable bonds is 3. The molecule has 0 bridgehead atoms. The summed E-state index contributed by atoms with van der Waals surface area (Å²) in [5.41, 5.74) is -2.21. The fraction of sp³-hybridized carbons (Fsp3) is 0.600. The Kier molecular flexibility index (Phi) is 3.87. The molecule has 1 rings (SSSR count). The van der Waals surface area contributed by atoms with Gasteiger partial charge in [-0.1, -0.05) is 6.58 Å². The molecule has 1 aliphatic carbocycles. The summed E-state index contributed by atoms with van der Waals surface area (Å²) in [4.78, 5) is 21.7. The molecule has 1 saturated carbocycles. The normalized spacial score (nSPS) is 37.2. The molecule has 96 valence electrons. The second-order valence-electron chi connectivity index (χ2n) is 3.99. The molecule has 0 heterocycles. The highest BCUT2D eigenvalue weighted by Crippen LogP contribution is 2.31. The second kappa shape index (κ2) is 4.82. The van der Waals surface area contributed by atoms with E-state index in [4.69, 9.17) is 5.11 Å². The molecule has 1 aliphatic rings. The standard InChI is InChI=1S/C10H14O7/c1-2-7(13)17-8-5(11)3-10(16,9(14)15)4-6(8)12/h2,5-6,8,11-12,16H,1,3-4H2,(H,14,15)/t5-,6-,8-,10+/m1/s1. The van der Waals surface area contributed by atoms with Gasteiger partial charge < -0.3 is 25.2 Å². The van der Waals surface area contributed by atoms with E-state index in [0.29, 0.717) is 0 Å². The Balaban J connectivity index is 2.78. The molecule has 1 fully saturated rings. The van der Waals surface area contributed by atoms with Gasteiger partial charge in [0.05, 0.1) is 12.2 Å². The molecule has 17 heavy (non-hydrogen) atoms. The third kappa shape index (κ3) is 2.82. The van der Waals surface area contributed by atoms with Crippen LogP contribution in [0.1, 0.15) is 12.8 Å². The van der Waals surface area contributed by atoms with Gasteiger partial charge in [-0.25, -0.2) is 9.59 Å². The fourth-order valence-electron chi connectivity index (χ4n) is 1.78. The van der Waals surface area contributed by atoms with E-state index in [1.54, 1.807) is 0 Å². The SMILES string of the molecule is C=CC(=O)O[C@H]1[C@H](O)C[C@](O)(C(=O)O)C[C@H]1O. The number of carboxylic acid groups (broad SMARTS) is 1. The van der Waals surface area contributed by atoms with Gasteiger partial charge in [-0.15, -0.1) is 0 Å². The molecule has 0 radical (unpaired) electrons. The van der Waals surface area contributed by atoms with Crippen molar-refractivity contribution in [3.63, 3.8) is 0 Å². The summed E-state index contributed by atoms with van der Waals surface area (Å²) in [7, 11) is 0. The van der Waals surface area contributed by atoms with Gasteiger partial charge in [0.25, 0.3) is 0 Å². The number of ether oxygens (including phenoxy) is 1. The number of carbonyl (C=O) groups is 2. The van der Waals surface area contributed by atoms with Gasteiger partial charge >= 0.3 is 11.9 Å². The highest BCUT2D eigenvalue weighted by Gasteiger charge is 2.50. The van der Waals surface area contributed by atoms with Gasteiger partial charge in [-0.05, 0) is 0 Å². The van der Waals surface area contributed by atoms with Crippen LogP contribution in [0.3, 0.4) is 0 Å². The van der Waals surface area contributed by atoms with Gasteiger partial charge in [0.1, 0.15) is 0 Å². The number of aliphatic carboxylic acids is 1. The number of hydrogen-bond donors (Lipinski definition) is 4. The number of esters is 1. The predicted octanol–water partition coefficient (Wildman–Crippen LogP) is -1.58. The topological polar surface area (TPSA) is 124 Å². The fourth-order valence-corrected chi connectivity index (χ4v) is 1.78. The highest BCUT2D eigenvalue weighted by molar-refractivity contribution is 5.81. The summed E-state index contributed by atoms with van der Waals surface area (Å²) in [6.45, 7) is 3.15. The molecule has 0 aliphatic heterocycles. The van der Waals surface area contributed by atoms with Gasteiger partial charge in [-0.2, -0.15) is 0 Å². The van der Waals surface area contributed by atoms with Crippen molar-refractivity contribution in [1.29, 1.82) is 0 Å². The van der Waals surface area contributed by atoms with Crippen LogP contribution in [-0.2, 0) is 14.3 Å². The van der Waals surface area contributed by atoms with E-state index in [1.807, 2.05) is 0 Å². The molecule has 2 atom stereocenters. The smallest absolute Gasteiger partial charge is 0.335 e. The molecule has 0 amide bonds. The lowest BCUT2D eigenvalue weighted by Crippen LogP contribution is -2.57. The Morgan fingerprint density at radius 2 is 1.76 bits per heavy atom. The zero-order chi connectivity index (χ0) is 13.2. The van der Waals surface area contributed by atoms with Crippen molar-refractivity contribution in [1.82, 2.24) is 0 Å². The first kappa shape index (κ1) is 13.6. The Morgan fingerprint density at radius 1 is 1.29 bits per heavy atom. The average molecular weight is 246 g/mol. The number of aliphatic hydroxyl groups is 3. The van der Waals surface area contributed by atoms with Crippen LogP contribution in [0.5, 0.6) is 0 Å². The van der Waals surface area contributed by atoms with Crippen molar-refractivity contribution in [2.75, 3.05) is 0 Å². The molecule has 0 unspecified atom stereocenters. The van der Waals surface area contributed by atoms with Crippen molar-refractivity contribution >= 4 is 11.9 Å². The predicted molar refractivity (Wildman–Crippen MR) is 53.9 cm³/mol. The van der Waals surface area contributed by atoms with E-state index in [0.717, 1.165) is 6.08 Å². The zero-order valence-electron chi connectivity index (χ0n) is 8.94.